The monoisotopic (exact) mass is 451 g/mol. The maximum Gasteiger partial charge on any atom is 0.259 e. The predicted octanol–water partition coefficient (Wildman–Crippen LogP) is 4.38. The van der Waals surface area contributed by atoms with E-state index in [0.717, 1.165) is 35.9 Å². The van der Waals surface area contributed by atoms with Crippen molar-refractivity contribution in [3.63, 3.8) is 0 Å². The topological polar surface area (TPSA) is 53.7 Å². The lowest BCUT2D eigenvalue weighted by Crippen LogP contribution is -2.48. The van der Waals surface area contributed by atoms with Crippen LogP contribution in [0.1, 0.15) is 20.9 Å². The lowest BCUT2D eigenvalue weighted by molar-refractivity contribution is 0.0630. The Bertz CT molecular complexity index is 1240. The molecule has 1 fully saturated rings. The molecule has 8 heteroatoms. The highest BCUT2D eigenvalue weighted by atomic mass is 35.5. The standard InChI is InChI=1S/C23H22ClN5OS/c1-16-21(22-25-8-3-9-29(22)26-16)23(30)28-12-10-27(11-13-28)15-19-6-7-20(31-19)17-4-2-5-18(24)14-17/h2-9,14H,10-13,15H2,1H3. The average molecular weight is 452 g/mol. The van der Waals surface area contributed by atoms with Crippen molar-refractivity contribution in [2.24, 2.45) is 0 Å². The number of hydrogen-bond acceptors (Lipinski definition) is 5. The molecule has 1 aliphatic rings. The zero-order chi connectivity index (χ0) is 21.4. The molecule has 0 unspecified atom stereocenters. The Hall–Kier alpha value is -2.74. The van der Waals surface area contributed by atoms with E-state index < -0.39 is 0 Å². The summed E-state index contributed by atoms with van der Waals surface area (Å²) in [6, 6.07) is 14.1. The quantitative estimate of drug-likeness (QED) is 0.462. The van der Waals surface area contributed by atoms with Crippen LogP contribution in [0.4, 0.5) is 0 Å². The molecule has 4 aromatic rings. The minimum atomic E-state index is 0.0187. The van der Waals surface area contributed by atoms with Gasteiger partial charge < -0.3 is 4.90 Å². The third-order valence-electron chi connectivity index (χ3n) is 5.59. The van der Waals surface area contributed by atoms with Crippen molar-refractivity contribution in [2.75, 3.05) is 26.2 Å². The first-order chi connectivity index (χ1) is 15.1. The first-order valence-corrected chi connectivity index (χ1v) is 11.4. The molecule has 0 bridgehead atoms. The van der Waals surface area contributed by atoms with Gasteiger partial charge in [-0.1, -0.05) is 23.7 Å². The molecule has 158 valence electrons. The molecule has 0 spiro atoms. The molecule has 31 heavy (non-hydrogen) atoms. The molecule has 4 heterocycles. The second-order valence-electron chi connectivity index (χ2n) is 7.69. The van der Waals surface area contributed by atoms with Crippen LogP contribution in [0, 0.1) is 6.92 Å². The molecular formula is C23H22ClN5OS. The van der Waals surface area contributed by atoms with Gasteiger partial charge in [-0.05, 0) is 42.8 Å². The smallest absolute Gasteiger partial charge is 0.259 e. The van der Waals surface area contributed by atoms with Crippen LogP contribution in [0.2, 0.25) is 5.02 Å². The number of rotatable bonds is 4. The molecule has 0 aliphatic carbocycles. The van der Waals surface area contributed by atoms with Crippen molar-refractivity contribution in [1.29, 1.82) is 0 Å². The molecule has 1 amide bonds. The van der Waals surface area contributed by atoms with Crippen molar-refractivity contribution in [2.45, 2.75) is 13.5 Å². The van der Waals surface area contributed by atoms with Crippen LogP contribution in [-0.2, 0) is 6.54 Å². The fourth-order valence-electron chi connectivity index (χ4n) is 3.99. The maximum atomic E-state index is 13.2. The van der Waals surface area contributed by atoms with Gasteiger partial charge >= 0.3 is 0 Å². The Morgan fingerprint density at radius 3 is 2.77 bits per heavy atom. The number of carbonyl (C=O) groups is 1. The van der Waals surface area contributed by atoms with E-state index in [1.54, 1.807) is 22.0 Å². The number of benzene rings is 1. The minimum Gasteiger partial charge on any atom is -0.336 e. The van der Waals surface area contributed by atoms with Gasteiger partial charge in [0.15, 0.2) is 5.65 Å². The number of aryl methyl sites for hydroxylation is 1. The highest BCUT2D eigenvalue weighted by Crippen LogP contribution is 2.30. The van der Waals surface area contributed by atoms with E-state index in [1.807, 2.05) is 42.3 Å². The fourth-order valence-corrected chi connectivity index (χ4v) is 5.23. The average Bonchev–Trinajstić information content (AvgIpc) is 3.37. The zero-order valence-electron chi connectivity index (χ0n) is 17.2. The van der Waals surface area contributed by atoms with Gasteiger partial charge in [-0.2, -0.15) is 5.10 Å². The Labute approximate surface area is 189 Å². The zero-order valence-corrected chi connectivity index (χ0v) is 18.7. The molecular weight excluding hydrogens is 430 g/mol. The van der Waals surface area contributed by atoms with Gasteiger partial charge in [0.05, 0.1) is 5.69 Å². The van der Waals surface area contributed by atoms with Crippen molar-refractivity contribution in [3.05, 3.63) is 76.0 Å². The number of carbonyl (C=O) groups excluding carboxylic acids is 1. The van der Waals surface area contributed by atoms with Gasteiger partial charge in [0, 0.05) is 59.9 Å². The number of fused-ring (bicyclic) bond motifs is 1. The van der Waals surface area contributed by atoms with Gasteiger partial charge in [-0.15, -0.1) is 11.3 Å². The molecule has 0 radical (unpaired) electrons. The summed E-state index contributed by atoms with van der Waals surface area (Å²) >= 11 is 7.93. The molecule has 5 rings (SSSR count). The Kier molecular flexibility index (Phi) is 5.48. The highest BCUT2D eigenvalue weighted by Gasteiger charge is 2.27. The summed E-state index contributed by atoms with van der Waals surface area (Å²) in [7, 11) is 0. The number of hydrogen-bond donors (Lipinski definition) is 0. The first-order valence-electron chi connectivity index (χ1n) is 10.2. The van der Waals surface area contributed by atoms with E-state index in [0.29, 0.717) is 24.3 Å². The molecule has 0 N–H and O–H groups in total. The third kappa shape index (κ3) is 4.08. The summed E-state index contributed by atoms with van der Waals surface area (Å²) in [5.41, 5.74) is 3.10. The lowest BCUT2D eigenvalue weighted by atomic mass is 10.2. The number of aromatic nitrogens is 3. The van der Waals surface area contributed by atoms with Crippen LogP contribution in [0.25, 0.3) is 16.1 Å². The molecule has 1 saturated heterocycles. The predicted molar refractivity (Wildman–Crippen MR) is 124 cm³/mol. The summed E-state index contributed by atoms with van der Waals surface area (Å²) in [6.07, 6.45) is 3.52. The second kappa shape index (κ2) is 8.42. The van der Waals surface area contributed by atoms with Crippen molar-refractivity contribution in [1.82, 2.24) is 24.4 Å². The molecule has 1 aromatic carbocycles. The van der Waals surface area contributed by atoms with Gasteiger partial charge in [-0.3, -0.25) is 9.69 Å². The van der Waals surface area contributed by atoms with E-state index >= 15 is 0 Å². The SMILES string of the molecule is Cc1nn2cccnc2c1C(=O)N1CCN(Cc2ccc(-c3cccc(Cl)c3)s2)CC1. The van der Waals surface area contributed by atoms with Crippen LogP contribution < -0.4 is 0 Å². The molecule has 3 aromatic heterocycles. The highest BCUT2D eigenvalue weighted by molar-refractivity contribution is 7.15. The minimum absolute atomic E-state index is 0.0187. The van der Waals surface area contributed by atoms with Gasteiger partial charge in [-0.25, -0.2) is 9.50 Å². The van der Waals surface area contributed by atoms with Gasteiger partial charge in [0.25, 0.3) is 5.91 Å². The van der Waals surface area contributed by atoms with E-state index in [-0.39, 0.29) is 5.91 Å². The van der Waals surface area contributed by atoms with E-state index in [2.05, 4.69) is 33.2 Å². The maximum absolute atomic E-state index is 13.2. The van der Waals surface area contributed by atoms with Crippen molar-refractivity contribution in [3.8, 4) is 10.4 Å². The second-order valence-corrected chi connectivity index (χ2v) is 9.30. The van der Waals surface area contributed by atoms with Gasteiger partial charge in [0.2, 0.25) is 0 Å². The van der Waals surface area contributed by atoms with Crippen molar-refractivity contribution >= 4 is 34.5 Å². The summed E-state index contributed by atoms with van der Waals surface area (Å²) < 4.78 is 1.67. The van der Waals surface area contributed by atoms with E-state index in [1.165, 1.54) is 9.75 Å². The summed E-state index contributed by atoms with van der Waals surface area (Å²) in [6.45, 7) is 5.87. The summed E-state index contributed by atoms with van der Waals surface area (Å²) in [5, 5.41) is 5.18. The van der Waals surface area contributed by atoms with Crippen molar-refractivity contribution < 1.29 is 4.79 Å². The van der Waals surface area contributed by atoms with Crippen LogP contribution in [0.5, 0.6) is 0 Å². The van der Waals surface area contributed by atoms with Crippen LogP contribution >= 0.6 is 22.9 Å². The number of amides is 1. The Balaban J connectivity index is 1.23. The Morgan fingerprint density at radius 2 is 1.97 bits per heavy atom. The number of halogens is 1. The normalized spacial score (nSPS) is 15.0. The van der Waals surface area contributed by atoms with Gasteiger partial charge in [0.1, 0.15) is 5.56 Å². The fraction of sp³-hybridized carbons (Fsp3) is 0.261. The van der Waals surface area contributed by atoms with Crippen LogP contribution in [0.3, 0.4) is 0 Å². The van der Waals surface area contributed by atoms with Crippen LogP contribution in [-0.4, -0.2) is 56.5 Å². The molecule has 1 aliphatic heterocycles. The lowest BCUT2D eigenvalue weighted by Gasteiger charge is -2.34. The summed E-state index contributed by atoms with van der Waals surface area (Å²) in [5.74, 6) is 0.0187. The number of thiophene rings is 1. The van der Waals surface area contributed by atoms with E-state index in [4.69, 9.17) is 11.6 Å². The number of nitrogens with zero attached hydrogens (tertiary/aromatic N) is 5. The largest absolute Gasteiger partial charge is 0.336 e. The molecule has 6 nitrogen and oxygen atoms in total. The van der Waals surface area contributed by atoms with Crippen LogP contribution in [0.15, 0.2) is 54.9 Å². The Morgan fingerprint density at radius 1 is 1.13 bits per heavy atom. The third-order valence-corrected chi connectivity index (χ3v) is 6.95. The first kappa shape index (κ1) is 20.2. The molecule has 0 saturated carbocycles. The van der Waals surface area contributed by atoms with E-state index in [9.17, 15) is 4.79 Å². The molecule has 0 atom stereocenters. The summed E-state index contributed by atoms with van der Waals surface area (Å²) in [4.78, 5) is 24.4. The number of piperazine rings is 1.